The Labute approximate surface area is 127 Å². The molecule has 0 radical (unpaired) electrons. The highest BCUT2D eigenvalue weighted by Gasteiger charge is 2.24. The zero-order chi connectivity index (χ0) is 16.3. The molecule has 0 spiro atoms. The molecule has 6 N–H and O–H groups in total. The van der Waals surface area contributed by atoms with Gasteiger partial charge in [-0.05, 0) is 6.92 Å². The Morgan fingerprint density at radius 3 is 2.73 bits per heavy atom. The van der Waals surface area contributed by atoms with Crippen molar-refractivity contribution in [2.75, 3.05) is 11.9 Å². The molecule has 1 unspecified atom stereocenters. The first-order valence-corrected chi connectivity index (χ1v) is 6.89. The van der Waals surface area contributed by atoms with E-state index >= 15 is 0 Å². The summed E-state index contributed by atoms with van der Waals surface area (Å²) in [5.74, 6) is -0.684. The molecule has 0 saturated heterocycles. The molecule has 2 amide bonds. The van der Waals surface area contributed by atoms with Crippen molar-refractivity contribution in [2.45, 2.75) is 31.9 Å². The number of hydrogen-bond donors (Lipinski definition) is 4. The Bertz CT molecular complexity index is 630. The Morgan fingerprint density at radius 2 is 2.18 bits per heavy atom. The molecule has 1 aromatic rings. The third-order valence-electron chi connectivity index (χ3n) is 3.32. The number of aromatic nitrogens is 2. The van der Waals surface area contributed by atoms with Crippen LogP contribution in [-0.2, 0) is 4.79 Å². The zero-order valence-corrected chi connectivity index (χ0v) is 12.2. The van der Waals surface area contributed by atoms with Gasteiger partial charge in [0.05, 0.1) is 12.6 Å². The number of nitrogens with one attached hydrogen (secondary N) is 1. The molecular formula is C13H19N6O3+. The van der Waals surface area contributed by atoms with Gasteiger partial charge in [0.25, 0.3) is 5.91 Å². The summed E-state index contributed by atoms with van der Waals surface area (Å²) >= 11 is 0. The Morgan fingerprint density at radius 1 is 1.45 bits per heavy atom. The third kappa shape index (κ3) is 3.76. The van der Waals surface area contributed by atoms with Crippen LogP contribution in [0.2, 0.25) is 0 Å². The molecule has 2 rings (SSSR count). The minimum absolute atomic E-state index is 0.0312. The van der Waals surface area contributed by atoms with Gasteiger partial charge in [0.15, 0.2) is 0 Å². The summed E-state index contributed by atoms with van der Waals surface area (Å²) in [6, 6.07) is 0.708. The number of aliphatic hydroxyl groups excluding tert-OH is 1. The van der Waals surface area contributed by atoms with Crippen LogP contribution in [0.4, 0.5) is 11.8 Å². The highest BCUT2D eigenvalue weighted by atomic mass is 16.3. The second-order valence-electron chi connectivity index (χ2n) is 5.13. The normalized spacial score (nSPS) is 19.2. The molecule has 2 heterocycles. The van der Waals surface area contributed by atoms with Crippen LogP contribution in [0.3, 0.4) is 0 Å². The van der Waals surface area contributed by atoms with E-state index in [2.05, 4.69) is 15.3 Å². The molecule has 2 atom stereocenters. The minimum atomic E-state index is -0.699. The van der Waals surface area contributed by atoms with Gasteiger partial charge in [0, 0.05) is 25.1 Å². The van der Waals surface area contributed by atoms with Crippen LogP contribution >= 0.6 is 0 Å². The van der Waals surface area contributed by atoms with Crippen LogP contribution in [0.5, 0.6) is 0 Å². The van der Waals surface area contributed by atoms with E-state index in [1.807, 2.05) is 0 Å². The number of rotatable bonds is 5. The second-order valence-corrected chi connectivity index (χ2v) is 5.13. The van der Waals surface area contributed by atoms with Crippen LogP contribution < -0.4 is 16.8 Å². The summed E-state index contributed by atoms with van der Waals surface area (Å²) in [7, 11) is 0. The highest BCUT2D eigenvalue weighted by molar-refractivity contribution is 5.92. The number of primary amides is 2. The van der Waals surface area contributed by atoms with Gasteiger partial charge in [-0.1, -0.05) is 9.97 Å². The summed E-state index contributed by atoms with van der Waals surface area (Å²) in [5.41, 5.74) is 10.5. The summed E-state index contributed by atoms with van der Waals surface area (Å²) in [6.45, 7) is 2.10. The topological polar surface area (TPSA) is 147 Å². The highest BCUT2D eigenvalue weighted by Crippen LogP contribution is 2.16. The van der Waals surface area contributed by atoms with Gasteiger partial charge in [-0.25, -0.2) is 4.58 Å². The van der Waals surface area contributed by atoms with Crippen LogP contribution in [0.15, 0.2) is 6.07 Å². The summed E-state index contributed by atoms with van der Waals surface area (Å²) in [5, 5.41) is 12.3. The fourth-order valence-corrected chi connectivity index (χ4v) is 1.98. The van der Waals surface area contributed by atoms with Crippen molar-refractivity contribution in [1.29, 1.82) is 0 Å². The predicted octanol–water partition coefficient (Wildman–Crippen LogP) is -1.27. The lowest BCUT2D eigenvalue weighted by Crippen LogP contribution is -2.33. The van der Waals surface area contributed by atoms with Crippen molar-refractivity contribution in [1.82, 2.24) is 9.97 Å². The summed E-state index contributed by atoms with van der Waals surface area (Å²) < 4.78 is 1.74. The molecule has 22 heavy (non-hydrogen) atoms. The van der Waals surface area contributed by atoms with Crippen LogP contribution in [0.25, 0.3) is 0 Å². The first kappa shape index (κ1) is 15.8. The predicted molar refractivity (Wildman–Crippen MR) is 78.9 cm³/mol. The third-order valence-corrected chi connectivity index (χ3v) is 3.32. The lowest BCUT2D eigenvalue weighted by atomic mass is 10.1. The fourth-order valence-electron chi connectivity index (χ4n) is 1.98. The smallest absolute Gasteiger partial charge is 0.393 e. The van der Waals surface area contributed by atoms with Crippen molar-refractivity contribution in [3.05, 3.63) is 11.8 Å². The Kier molecular flexibility index (Phi) is 4.66. The number of aliphatic hydroxyl groups is 1. The van der Waals surface area contributed by atoms with Gasteiger partial charge >= 0.3 is 5.95 Å². The first-order chi connectivity index (χ1) is 10.4. The monoisotopic (exact) mass is 307 g/mol. The van der Waals surface area contributed by atoms with Crippen LogP contribution in [0.1, 0.15) is 30.3 Å². The first-order valence-electron chi connectivity index (χ1n) is 6.89. The number of anilines is 1. The van der Waals surface area contributed by atoms with E-state index in [9.17, 15) is 14.7 Å². The second kappa shape index (κ2) is 6.48. The largest absolute Gasteiger partial charge is 0.435 e. The maximum absolute atomic E-state index is 11.4. The van der Waals surface area contributed by atoms with Crippen molar-refractivity contribution < 1.29 is 19.3 Å². The molecule has 0 aromatic carbocycles. The SMILES string of the molecule is C[C@H](Nc1cc(C(N)=O)nc([N+]2=CCC(O)CC2)n1)C(N)=O. The van der Waals surface area contributed by atoms with E-state index in [0.717, 1.165) is 0 Å². The molecule has 0 fully saturated rings. The van der Waals surface area contributed by atoms with Gasteiger partial charge in [-0.15, -0.1) is 0 Å². The van der Waals surface area contributed by atoms with Gasteiger partial charge in [-0.3, -0.25) is 9.59 Å². The minimum Gasteiger partial charge on any atom is -0.393 e. The summed E-state index contributed by atoms with van der Waals surface area (Å²) in [6.07, 6.45) is 2.42. The molecule has 1 aromatic heterocycles. The molecule has 1 aliphatic rings. The zero-order valence-electron chi connectivity index (χ0n) is 12.2. The Hall–Kier alpha value is -2.55. The van der Waals surface area contributed by atoms with Crippen LogP contribution in [0, 0.1) is 0 Å². The number of hydrogen-bond acceptors (Lipinski definition) is 6. The van der Waals surface area contributed by atoms with Gasteiger partial charge in [0.2, 0.25) is 17.4 Å². The van der Waals surface area contributed by atoms with E-state index in [0.29, 0.717) is 19.4 Å². The molecule has 9 nitrogen and oxygen atoms in total. The standard InChI is InChI=1S/C13H18N6O3/c1-7(11(14)21)16-10-6-9(12(15)22)17-13(18-10)19-4-2-8(20)3-5-19/h4,6-8,20H,2-3,5H2,1H3,(H4-,14,15,16,17,18,21,22)/p+1/t7-,8?/m0/s1. The van der Waals surface area contributed by atoms with Gasteiger partial charge in [0.1, 0.15) is 6.04 Å². The summed E-state index contributed by atoms with van der Waals surface area (Å²) in [4.78, 5) is 30.9. The van der Waals surface area contributed by atoms with E-state index in [1.54, 1.807) is 17.7 Å². The van der Waals surface area contributed by atoms with Crippen molar-refractivity contribution in [2.24, 2.45) is 11.5 Å². The fraction of sp³-hybridized carbons (Fsp3) is 0.462. The van der Waals surface area contributed by atoms with Gasteiger partial charge in [-0.2, -0.15) is 0 Å². The van der Waals surface area contributed by atoms with E-state index in [-0.39, 0.29) is 23.6 Å². The molecule has 0 aliphatic carbocycles. The molecular weight excluding hydrogens is 288 g/mol. The number of nitrogens with zero attached hydrogens (tertiary/aromatic N) is 3. The lowest BCUT2D eigenvalue weighted by molar-refractivity contribution is -0.453. The van der Waals surface area contributed by atoms with Crippen molar-refractivity contribution in [3.8, 4) is 0 Å². The van der Waals surface area contributed by atoms with E-state index < -0.39 is 17.9 Å². The Balaban J connectivity index is 2.35. The molecule has 1 aliphatic heterocycles. The number of carbonyl (C=O) groups is 2. The maximum Gasteiger partial charge on any atom is 0.435 e. The molecule has 0 bridgehead atoms. The van der Waals surface area contributed by atoms with E-state index in [1.165, 1.54) is 6.07 Å². The molecule has 9 heteroatoms. The molecule has 0 saturated carbocycles. The molecule has 118 valence electrons. The van der Waals surface area contributed by atoms with Crippen molar-refractivity contribution in [3.63, 3.8) is 0 Å². The lowest BCUT2D eigenvalue weighted by Gasteiger charge is -2.15. The van der Waals surface area contributed by atoms with Gasteiger partial charge < -0.3 is 21.9 Å². The quantitative estimate of drug-likeness (QED) is 0.499. The van der Waals surface area contributed by atoms with E-state index in [4.69, 9.17) is 11.5 Å². The van der Waals surface area contributed by atoms with Crippen LogP contribution in [-0.4, -0.2) is 56.4 Å². The number of amides is 2. The average molecular weight is 307 g/mol. The average Bonchev–Trinajstić information content (AvgIpc) is 2.47. The van der Waals surface area contributed by atoms with Crippen molar-refractivity contribution >= 4 is 29.8 Å². The number of nitrogens with two attached hydrogens (primary N) is 2. The number of carbonyl (C=O) groups excluding carboxylic acids is 2. The maximum atomic E-state index is 11.4.